The number of hydrogen-bond donors (Lipinski definition) is 1. The number of rotatable bonds is 4. The number of halogens is 1. The maximum atomic E-state index is 13.0. The Bertz CT molecular complexity index is 990. The van der Waals surface area contributed by atoms with Crippen LogP contribution in [0.1, 0.15) is 31.2 Å². The van der Waals surface area contributed by atoms with Crippen molar-refractivity contribution in [3.05, 3.63) is 59.4 Å². The van der Waals surface area contributed by atoms with Gasteiger partial charge in [-0.15, -0.1) is 0 Å². The fourth-order valence-corrected chi connectivity index (χ4v) is 3.58. The highest BCUT2D eigenvalue weighted by Crippen LogP contribution is 2.32. The molecule has 1 atom stereocenters. The summed E-state index contributed by atoms with van der Waals surface area (Å²) in [7, 11) is 1.57. The van der Waals surface area contributed by atoms with E-state index >= 15 is 0 Å². The summed E-state index contributed by atoms with van der Waals surface area (Å²) in [5, 5.41) is 7.66. The molecule has 29 heavy (non-hydrogen) atoms. The summed E-state index contributed by atoms with van der Waals surface area (Å²) in [6, 6.07) is 14.1. The summed E-state index contributed by atoms with van der Waals surface area (Å²) in [5.41, 5.74) is 1.43. The first-order valence-electron chi connectivity index (χ1n) is 9.46. The summed E-state index contributed by atoms with van der Waals surface area (Å²) in [6.45, 7) is 0.615. The molecule has 0 radical (unpaired) electrons. The van der Waals surface area contributed by atoms with Crippen molar-refractivity contribution in [2.75, 3.05) is 19.0 Å². The number of aromatic nitrogens is 2. The Morgan fingerprint density at radius 3 is 2.79 bits per heavy atom. The molecule has 0 spiro atoms. The van der Waals surface area contributed by atoms with E-state index < -0.39 is 0 Å². The zero-order chi connectivity index (χ0) is 20.2. The van der Waals surface area contributed by atoms with Crippen molar-refractivity contribution in [1.82, 2.24) is 15.0 Å². The lowest BCUT2D eigenvalue weighted by Crippen LogP contribution is -2.41. The Labute approximate surface area is 173 Å². The minimum Gasteiger partial charge on any atom is -0.495 e. The highest BCUT2D eigenvalue weighted by atomic mass is 35.5. The Hall–Kier alpha value is -3.06. The van der Waals surface area contributed by atoms with Crippen molar-refractivity contribution < 1.29 is 14.1 Å². The number of carbonyl (C=O) groups is 1. The number of benzene rings is 2. The van der Waals surface area contributed by atoms with E-state index in [-0.39, 0.29) is 12.1 Å². The Morgan fingerprint density at radius 2 is 2.00 bits per heavy atom. The van der Waals surface area contributed by atoms with Gasteiger partial charge >= 0.3 is 6.03 Å². The molecule has 150 valence electrons. The molecule has 1 saturated heterocycles. The number of carbonyl (C=O) groups excluding carboxylic acids is 1. The molecule has 1 aromatic heterocycles. The third kappa shape index (κ3) is 4.19. The van der Waals surface area contributed by atoms with Crippen molar-refractivity contribution in [2.24, 2.45) is 0 Å². The van der Waals surface area contributed by atoms with E-state index in [4.69, 9.17) is 20.9 Å². The van der Waals surface area contributed by atoms with Gasteiger partial charge in [-0.3, -0.25) is 0 Å². The first-order chi connectivity index (χ1) is 14.2. The van der Waals surface area contributed by atoms with Crippen molar-refractivity contribution >= 4 is 23.3 Å². The van der Waals surface area contributed by atoms with E-state index in [1.165, 1.54) is 0 Å². The molecule has 2 amide bonds. The van der Waals surface area contributed by atoms with Crippen LogP contribution in [-0.2, 0) is 0 Å². The number of para-hydroxylation sites is 2. The van der Waals surface area contributed by atoms with Crippen LogP contribution in [-0.4, -0.2) is 34.7 Å². The van der Waals surface area contributed by atoms with Gasteiger partial charge in [0.15, 0.2) is 0 Å². The number of amides is 2. The quantitative estimate of drug-likeness (QED) is 0.640. The molecular formula is C21H21ClN4O3. The zero-order valence-corrected chi connectivity index (χ0v) is 16.7. The molecule has 0 saturated carbocycles. The van der Waals surface area contributed by atoms with Gasteiger partial charge in [-0.25, -0.2) is 4.79 Å². The molecule has 1 aliphatic heterocycles. The number of urea groups is 1. The summed E-state index contributed by atoms with van der Waals surface area (Å²) < 4.78 is 10.8. The van der Waals surface area contributed by atoms with Crippen LogP contribution < -0.4 is 10.1 Å². The van der Waals surface area contributed by atoms with Crippen LogP contribution in [0, 0.1) is 0 Å². The van der Waals surface area contributed by atoms with Gasteiger partial charge in [0, 0.05) is 17.1 Å². The van der Waals surface area contributed by atoms with Gasteiger partial charge in [0.2, 0.25) is 11.7 Å². The largest absolute Gasteiger partial charge is 0.495 e. The number of nitrogens with zero attached hydrogens (tertiary/aromatic N) is 3. The summed E-state index contributed by atoms with van der Waals surface area (Å²) >= 11 is 5.94. The van der Waals surface area contributed by atoms with E-state index in [2.05, 4.69) is 15.5 Å². The fourth-order valence-electron chi connectivity index (χ4n) is 3.45. The first-order valence-corrected chi connectivity index (χ1v) is 9.83. The van der Waals surface area contributed by atoms with E-state index in [1.807, 2.05) is 24.3 Å². The Kier molecular flexibility index (Phi) is 5.67. The summed E-state index contributed by atoms with van der Waals surface area (Å²) in [6.07, 6.45) is 2.68. The lowest BCUT2D eigenvalue weighted by Gasteiger charge is -2.33. The van der Waals surface area contributed by atoms with Crippen LogP contribution in [0.25, 0.3) is 11.4 Å². The molecule has 1 N–H and O–H groups in total. The molecule has 3 aromatic rings. The molecule has 8 heteroatoms. The van der Waals surface area contributed by atoms with E-state index in [1.54, 1.807) is 36.3 Å². The van der Waals surface area contributed by atoms with Gasteiger partial charge in [-0.2, -0.15) is 4.98 Å². The number of nitrogens with one attached hydrogen (secondary N) is 1. The highest BCUT2D eigenvalue weighted by Gasteiger charge is 2.32. The number of piperidine rings is 1. The fraction of sp³-hybridized carbons (Fsp3) is 0.286. The number of anilines is 1. The van der Waals surface area contributed by atoms with Crippen molar-refractivity contribution in [3.8, 4) is 17.1 Å². The number of hydrogen-bond acceptors (Lipinski definition) is 5. The molecule has 0 aliphatic carbocycles. The standard InChI is InChI=1S/C21H21ClN4O3/c1-28-18-8-3-2-6-16(18)23-21(27)26-13-5-4-7-17(26)20-24-19(25-29-20)14-9-11-15(22)12-10-14/h2-3,6,8-12,17H,4-5,7,13H2,1H3,(H,23,27). The highest BCUT2D eigenvalue weighted by molar-refractivity contribution is 6.30. The monoisotopic (exact) mass is 412 g/mol. The number of methoxy groups -OCH3 is 1. The Balaban J connectivity index is 1.54. The van der Waals surface area contributed by atoms with Crippen LogP contribution in [0.3, 0.4) is 0 Å². The predicted octanol–water partition coefficient (Wildman–Crippen LogP) is 5.16. The molecule has 1 aliphatic rings. The minimum atomic E-state index is -0.271. The van der Waals surface area contributed by atoms with Crippen LogP contribution >= 0.6 is 11.6 Å². The van der Waals surface area contributed by atoms with Gasteiger partial charge in [0.25, 0.3) is 0 Å². The SMILES string of the molecule is COc1ccccc1NC(=O)N1CCCCC1c1nc(-c2ccc(Cl)cc2)no1. The lowest BCUT2D eigenvalue weighted by atomic mass is 10.0. The van der Waals surface area contributed by atoms with Crippen LogP contribution in [0.15, 0.2) is 53.1 Å². The van der Waals surface area contributed by atoms with Crippen LogP contribution in [0.4, 0.5) is 10.5 Å². The second kappa shape index (κ2) is 8.53. The third-order valence-corrected chi connectivity index (χ3v) is 5.19. The van der Waals surface area contributed by atoms with Gasteiger partial charge in [0.1, 0.15) is 11.8 Å². The van der Waals surface area contributed by atoms with Gasteiger partial charge in [-0.05, 0) is 55.7 Å². The maximum absolute atomic E-state index is 13.0. The predicted molar refractivity (Wildman–Crippen MR) is 110 cm³/mol. The zero-order valence-electron chi connectivity index (χ0n) is 16.0. The molecule has 7 nitrogen and oxygen atoms in total. The second-order valence-corrected chi connectivity index (χ2v) is 7.23. The normalized spacial score (nSPS) is 16.5. The van der Waals surface area contributed by atoms with Crippen molar-refractivity contribution in [2.45, 2.75) is 25.3 Å². The van der Waals surface area contributed by atoms with Gasteiger partial charge in [0.05, 0.1) is 12.8 Å². The number of ether oxygens (including phenoxy) is 1. The van der Waals surface area contributed by atoms with Crippen molar-refractivity contribution in [3.63, 3.8) is 0 Å². The van der Waals surface area contributed by atoms with E-state index in [0.29, 0.717) is 34.7 Å². The topological polar surface area (TPSA) is 80.5 Å². The van der Waals surface area contributed by atoms with E-state index in [0.717, 1.165) is 24.8 Å². The van der Waals surface area contributed by atoms with Crippen molar-refractivity contribution in [1.29, 1.82) is 0 Å². The molecule has 4 rings (SSSR count). The van der Waals surface area contributed by atoms with Gasteiger partial charge in [-0.1, -0.05) is 28.9 Å². The van der Waals surface area contributed by atoms with E-state index in [9.17, 15) is 4.79 Å². The first kappa shape index (κ1) is 19.3. The molecule has 2 aromatic carbocycles. The minimum absolute atomic E-state index is 0.217. The second-order valence-electron chi connectivity index (χ2n) is 6.80. The summed E-state index contributed by atoms with van der Waals surface area (Å²) in [5.74, 6) is 1.52. The maximum Gasteiger partial charge on any atom is 0.322 e. The van der Waals surface area contributed by atoms with Crippen LogP contribution in [0.5, 0.6) is 5.75 Å². The van der Waals surface area contributed by atoms with Crippen LogP contribution in [0.2, 0.25) is 5.02 Å². The summed E-state index contributed by atoms with van der Waals surface area (Å²) in [4.78, 5) is 19.3. The smallest absolute Gasteiger partial charge is 0.322 e. The molecule has 1 fully saturated rings. The molecular weight excluding hydrogens is 392 g/mol. The molecule has 1 unspecified atom stereocenters. The third-order valence-electron chi connectivity index (χ3n) is 4.94. The molecule has 0 bridgehead atoms. The lowest BCUT2D eigenvalue weighted by molar-refractivity contribution is 0.142. The molecule has 2 heterocycles. The average Bonchev–Trinajstić information content (AvgIpc) is 3.25. The average molecular weight is 413 g/mol. The Morgan fingerprint density at radius 1 is 1.21 bits per heavy atom. The number of likely N-dealkylation sites (tertiary alicyclic amines) is 1. The van der Waals surface area contributed by atoms with Gasteiger partial charge < -0.3 is 19.5 Å².